The number of hydrogen-bond donors (Lipinski definition) is 1. The minimum absolute atomic E-state index is 0.525. The molecule has 0 radical (unpaired) electrons. The molecule has 118 valence electrons. The summed E-state index contributed by atoms with van der Waals surface area (Å²) in [5, 5.41) is 3.41. The van der Waals surface area contributed by atoms with Gasteiger partial charge in [-0.15, -0.1) is 0 Å². The Balaban J connectivity index is 2.39. The van der Waals surface area contributed by atoms with Gasteiger partial charge < -0.3 is 5.32 Å². The van der Waals surface area contributed by atoms with Crippen LogP contribution in [-0.2, 0) is 0 Å². The molecule has 0 aliphatic carbocycles. The van der Waals surface area contributed by atoms with E-state index in [4.69, 9.17) is 0 Å². The maximum Gasteiger partial charge on any atom is 0.0391 e. The molecule has 1 heterocycles. The highest BCUT2D eigenvalue weighted by atomic mass is 79.9. The number of halogens is 1. The van der Waals surface area contributed by atoms with Gasteiger partial charge in [-0.2, -0.15) is 0 Å². The fraction of sp³-hybridized carbons (Fsp3) is 0.667. The molecule has 0 aromatic heterocycles. The van der Waals surface area contributed by atoms with Crippen molar-refractivity contribution in [3.8, 4) is 0 Å². The third kappa shape index (κ3) is 4.08. The Hall–Kier alpha value is -0.380. The summed E-state index contributed by atoms with van der Waals surface area (Å²) in [5.74, 6) is 0.689. The van der Waals surface area contributed by atoms with Crippen LogP contribution >= 0.6 is 15.9 Å². The van der Waals surface area contributed by atoms with Gasteiger partial charge in [0.05, 0.1) is 0 Å². The van der Waals surface area contributed by atoms with E-state index in [9.17, 15) is 0 Å². The van der Waals surface area contributed by atoms with Crippen LogP contribution in [-0.4, -0.2) is 31.1 Å². The van der Waals surface area contributed by atoms with Crippen LogP contribution in [0.1, 0.15) is 50.3 Å². The molecule has 0 spiro atoms. The zero-order chi connectivity index (χ0) is 15.4. The van der Waals surface area contributed by atoms with Crippen molar-refractivity contribution in [1.29, 1.82) is 0 Å². The summed E-state index contributed by atoms with van der Waals surface area (Å²) < 4.78 is 1.23. The molecule has 0 saturated carbocycles. The molecule has 1 aromatic carbocycles. The van der Waals surface area contributed by atoms with E-state index in [-0.39, 0.29) is 0 Å². The normalized spacial score (nSPS) is 24.3. The second-order valence-electron chi connectivity index (χ2n) is 6.60. The average molecular weight is 353 g/mol. The molecule has 0 amide bonds. The number of aryl methyl sites for hydroxylation is 1. The highest BCUT2D eigenvalue weighted by molar-refractivity contribution is 9.10. The minimum atomic E-state index is 0.525. The minimum Gasteiger partial charge on any atom is -0.319 e. The van der Waals surface area contributed by atoms with Crippen LogP contribution < -0.4 is 5.32 Å². The summed E-state index contributed by atoms with van der Waals surface area (Å²) in [6, 6.07) is 8.03. The molecule has 0 bridgehead atoms. The lowest BCUT2D eigenvalue weighted by atomic mass is 9.88. The van der Waals surface area contributed by atoms with Gasteiger partial charge in [0.15, 0.2) is 0 Å². The lowest BCUT2D eigenvalue weighted by Crippen LogP contribution is -2.40. The number of benzene rings is 1. The molecular weight excluding hydrogens is 324 g/mol. The quantitative estimate of drug-likeness (QED) is 0.856. The van der Waals surface area contributed by atoms with Crippen LogP contribution in [0.15, 0.2) is 22.7 Å². The molecule has 1 saturated heterocycles. The topological polar surface area (TPSA) is 15.3 Å². The molecule has 2 atom stereocenters. The number of nitrogens with zero attached hydrogens (tertiary/aromatic N) is 1. The predicted molar refractivity (Wildman–Crippen MR) is 94.7 cm³/mol. The highest BCUT2D eigenvalue weighted by Gasteiger charge is 2.32. The van der Waals surface area contributed by atoms with E-state index in [0.29, 0.717) is 18.0 Å². The van der Waals surface area contributed by atoms with Gasteiger partial charge in [-0.25, -0.2) is 0 Å². The number of rotatable bonds is 4. The van der Waals surface area contributed by atoms with Crippen molar-refractivity contribution in [2.45, 2.75) is 52.1 Å². The molecule has 1 aliphatic rings. The van der Waals surface area contributed by atoms with Crippen LogP contribution in [0.25, 0.3) is 0 Å². The molecule has 3 heteroatoms. The Bertz CT molecular complexity index is 459. The second kappa shape index (κ2) is 7.75. The van der Waals surface area contributed by atoms with E-state index in [1.54, 1.807) is 0 Å². The molecule has 2 nitrogen and oxygen atoms in total. The van der Waals surface area contributed by atoms with E-state index < -0.39 is 0 Å². The molecule has 1 aliphatic heterocycles. The van der Waals surface area contributed by atoms with Crippen molar-refractivity contribution < 1.29 is 0 Å². The Labute approximate surface area is 138 Å². The van der Waals surface area contributed by atoms with Gasteiger partial charge in [0.1, 0.15) is 0 Å². The van der Waals surface area contributed by atoms with Crippen molar-refractivity contribution in [2.75, 3.05) is 20.1 Å². The molecule has 1 N–H and O–H groups in total. The SMILES string of the molecule is CNCC1CCCCN(C(C)C)C1c1ccc(C)c(Br)c1. The Kier molecular flexibility index (Phi) is 6.27. The zero-order valence-corrected chi connectivity index (χ0v) is 15.4. The summed E-state index contributed by atoms with van der Waals surface area (Å²) in [7, 11) is 2.08. The third-order valence-electron chi connectivity index (χ3n) is 4.71. The predicted octanol–water partition coefficient (Wildman–Crippen LogP) is 4.53. The van der Waals surface area contributed by atoms with Crippen molar-refractivity contribution in [1.82, 2.24) is 10.2 Å². The Morgan fingerprint density at radius 1 is 1.33 bits per heavy atom. The first-order chi connectivity index (χ1) is 10.0. The molecule has 21 heavy (non-hydrogen) atoms. The van der Waals surface area contributed by atoms with Gasteiger partial charge in [0.2, 0.25) is 0 Å². The van der Waals surface area contributed by atoms with E-state index in [1.807, 2.05) is 0 Å². The standard InChI is InChI=1S/C18H29BrN2/c1-13(2)21-10-6-5-7-16(12-20-4)18(21)15-9-8-14(3)17(19)11-15/h8-9,11,13,16,18,20H,5-7,10,12H2,1-4H3. The first-order valence-corrected chi connectivity index (χ1v) is 9.00. The van der Waals surface area contributed by atoms with E-state index >= 15 is 0 Å². The van der Waals surface area contributed by atoms with Crippen LogP contribution in [0.5, 0.6) is 0 Å². The molecule has 1 aromatic rings. The smallest absolute Gasteiger partial charge is 0.0391 e. The van der Waals surface area contributed by atoms with Gasteiger partial charge in [-0.05, 0) is 76.9 Å². The largest absolute Gasteiger partial charge is 0.319 e. The van der Waals surface area contributed by atoms with Crippen molar-refractivity contribution in [3.63, 3.8) is 0 Å². The summed E-state index contributed by atoms with van der Waals surface area (Å²) >= 11 is 3.71. The van der Waals surface area contributed by atoms with Gasteiger partial charge in [0.25, 0.3) is 0 Å². The summed E-state index contributed by atoms with van der Waals surface area (Å²) in [4.78, 5) is 2.70. The van der Waals surface area contributed by atoms with E-state index in [2.05, 4.69) is 72.2 Å². The highest BCUT2D eigenvalue weighted by Crippen LogP contribution is 2.37. The fourth-order valence-corrected chi connectivity index (χ4v) is 3.98. The Morgan fingerprint density at radius 3 is 2.71 bits per heavy atom. The average Bonchev–Trinajstić information content (AvgIpc) is 2.65. The van der Waals surface area contributed by atoms with Gasteiger partial charge in [-0.3, -0.25) is 4.90 Å². The van der Waals surface area contributed by atoms with Gasteiger partial charge >= 0.3 is 0 Å². The molecule has 2 unspecified atom stereocenters. The van der Waals surface area contributed by atoms with Crippen molar-refractivity contribution in [2.24, 2.45) is 5.92 Å². The summed E-state index contributed by atoms with van der Waals surface area (Å²) in [6.07, 6.45) is 3.99. The summed E-state index contributed by atoms with van der Waals surface area (Å²) in [6.45, 7) is 9.13. The van der Waals surface area contributed by atoms with Crippen LogP contribution in [0.4, 0.5) is 0 Å². The van der Waals surface area contributed by atoms with E-state index in [0.717, 1.165) is 6.54 Å². The maximum atomic E-state index is 3.71. The lowest BCUT2D eigenvalue weighted by Gasteiger charge is -2.38. The van der Waals surface area contributed by atoms with E-state index in [1.165, 1.54) is 41.4 Å². The third-order valence-corrected chi connectivity index (χ3v) is 5.57. The maximum absolute atomic E-state index is 3.71. The van der Waals surface area contributed by atoms with Crippen LogP contribution in [0, 0.1) is 12.8 Å². The fourth-order valence-electron chi connectivity index (χ4n) is 3.58. The van der Waals surface area contributed by atoms with Gasteiger partial charge in [-0.1, -0.05) is 34.5 Å². The lowest BCUT2D eigenvalue weighted by molar-refractivity contribution is 0.118. The number of hydrogen-bond acceptors (Lipinski definition) is 2. The zero-order valence-electron chi connectivity index (χ0n) is 13.8. The Morgan fingerprint density at radius 2 is 2.10 bits per heavy atom. The number of likely N-dealkylation sites (tertiary alicyclic amines) is 1. The van der Waals surface area contributed by atoms with Crippen molar-refractivity contribution >= 4 is 15.9 Å². The monoisotopic (exact) mass is 352 g/mol. The number of nitrogens with one attached hydrogen (secondary N) is 1. The molecule has 1 fully saturated rings. The second-order valence-corrected chi connectivity index (χ2v) is 7.45. The molecule has 2 rings (SSSR count). The molecular formula is C18H29BrN2. The van der Waals surface area contributed by atoms with Crippen LogP contribution in [0.2, 0.25) is 0 Å². The first kappa shape index (κ1) is 17.0. The van der Waals surface area contributed by atoms with Gasteiger partial charge in [0, 0.05) is 16.6 Å². The first-order valence-electron chi connectivity index (χ1n) is 8.21. The van der Waals surface area contributed by atoms with Crippen molar-refractivity contribution in [3.05, 3.63) is 33.8 Å². The summed E-state index contributed by atoms with van der Waals surface area (Å²) in [5.41, 5.74) is 2.77. The van der Waals surface area contributed by atoms with Crippen LogP contribution in [0.3, 0.4) is 0 Å².